The predicted octanol–water partition coefficient (Wildman–Crippen LogP) is 6.05. The molecular formula is C17H33IO2. The normalized spacial score (nSPS) is 12.3. The topological polar surface area (TPSA) is 26.3 Å². The van der Waals surface area contributed by atoms with Crippen molar-refractivity contribution in [1.82, 2.24) is 0 Å². The largest absolute Gasteiger partial charge is 0.468 e. The van der Waals surface area contributed by atoms with Gasteiger partial charge in [-0.25, -0.2) is 0 Å². The molecule has 0 aliphatic heterocycles. The van der Waals surface area contributed by atoms with Crippen LogP contribution in [0.1, 0.15) is 90.4 Å². The highest BCUT2D eigenvalue weighted by Gasteiger charge is 2.13. The third-order valence-electron chi connectivity index (χ3n) is 3.77. The third kappa shape index (κ3) is 13.2. The molecule has 0 N–H and O–H groups in total. The Morgan fingerprint density at radius 2 is 1.25 bits per heavy atom. The van der Waals surface area contributed by atoms with Gasteiger partial charge < -0.3 is 4.74 Å². The molecule has 0 amide bonds. The van der Waals surface area contributed by atoms with Gasteiger partial charge in [-0.1, -0.05) is 107 Å². The van der Waals surface area contributed by atoms with Crippen LogP contribution in [0, 0.1) is 0 Å². The van der Waals surface area contributed by atoms with Crippen molar-refractivity contribution in [2.75, 3.05) is 7.11 Å². The molecule has 0 bridgehead atoms. The highest BCUT2D eigenvalue weighted by Crippen LogP contribution is 2.15. The Kier molecular flexibility index (Phi) is 15.7. The van der Waals surface area contributed by atoms with Crippen molar-refractivity contribution >= 4 is 28.6 Å². The average molecular weight is 396 g/mol. The van der Waals surface area contributed by atoms with Crippen molar-refractivity contribution in [2.45, 2.75) is 94.3 Å². The quantitative estimate of drug-likeness (QED) is 0.155. The van der Waals surface area contributed by atoms with Crippen molar-refractivity contribution in [3.05, 3.63) is 0 Å². The lowest BCUT2D eigenvalue weighted by molar-refractivity contribution is -0.139. The van der Waals surface area contributed by atoms with E-state index in [-0.39, 0.29) is 9.89 Å². The van der Waals surface area contributed by atoms with Gasteiger partial charge in [0.05, 0.1) is 7.11 Å². The summed E-state index contributed by atoms with van der Waals surface area (Å²) in [5.74, 6) is -0.0753. The van der Waals surface area contributed by atoms with Crippen LogP contribution in [-0.2, 0) is 9.53 Å². The second-order valence-corrected chi connectivity index (χ2v) is 7.17. The van der Waals surface area contributed by atoms with E-state index in [1.165, 1.54) is 77.7 Å². The predicted molar refractivity (Wildman–Crippen MR) is 95.5 cm³/mol. The summed E-state index contributed by atoms with van der Waals surface area (Å²) in [6, 6.07) is 0. The van der Waals surface area contributed by atoms with Crippen LogP contribution in [0.4, 0.5) is 0 Å². The number of rotatable bonds is 14. The molecule has 0 saturated carbocycles. The molecule has 0 aromatic heterocycles. The first kappa shape index (κ1) is 20.2. The van der Waals surface area contributed by atoms with Crippen molar-refractivity contribution < 1.29 is 9.53 Å². The molecule has 20 heavy (non-hydrogen) atoms. The van der Waals surface area contributed by atoms with Crippen molar-refractivity contribution in [3.63, 3.8) is 0 Å². The third-order valence-corrected chi connectivity index (χ3v) is 4.90. The number of carbonyl (C=O) groups is 1. The summed E-state index contributed by atoms with van der Waals surface area (Å²) in [4.78, 5) is 11.2. The van der Waals surface area contributed by atoms with Crippen molar-refractivity contribution in [3.8, 4) is 0 Å². The molecule has 0 heterocycles. The first-order valence-corrected chi connectivity index (χ1v) is 9.68. The molecule has 1 unspecified atom stereocenters. The van der Waals surface area contributed by atoms with E-state index >= 15 is 0 Å². The van der Waals surface area contributed by atoms with E-state index in [2.05, 4.69) is 29.5 Å². The van der Waals surface area contributed by atoms with E-state index in [1.807, 2.05) is 0 Å². The molecule has 0 rings (SSSR count). The van der Waals surface area contributed by atoms with E-state index in [4.69, 9.17) is 4.74 Å². The molecular weight excluding hydrogens is 363 g/mol. The second-order valence-electron chi connectivity index (χ2n) is 5.67. The van der Waals surface area contributed by atoms with Gasteiger partial charge in [-0.15, -0.1) is 0 Å². The summed E-state index contributed by atoms with van der Waals surface area (Å²) >= 11 is 2.19. The molecule has 0 spiro atoms. The number of halogens is 1. The SMILES string of the molecule is CCCCCCCCCCCCCCC(I)C(=O)OC. The van der Waals surface area contributed by atoms with Gasteiger partial charge in [-0.2, -0.15) is 0 Å². The number of methoxy groups -OCH3 is 1. The summed E-state index contributed by atoms with van der Waals surface area (Å²) in [6.45, 7) is 2.27. The Hall–Kier alpha value is 0.200. The molecule has 0 saturated heterocycles. The fourth-order valence-corrected chi connectivity index (χ4v) is 3.10. The summed E-state index contributed by atoms with van der Waals surface area (Å²) in [6.07, 6.45) is 17.3. The van der Waals surface area contributed by atoms with Crippen molar-refractivity contribution in [1.29, 1.82) is 0 Å². The van der Waals surface area contributed by atoms with Crippen LogP contribution >= 0.6 is 22.6 Å². The number of hydrogen-bond donors (Lipinski definition) is 0. The smallest absolute Gasteiger partial charge is 0.318 e. The highest BCUT2D eigenvalue weighted by atomic mass is 127. The molecule has 2 nitrogen and oxygen atoms in total. The molecule has 120 valence electrons. The maximum Gasteiger partial charge on any atom is 0.318 e. The summed E-state index contributed by atoms with van der Waals surface area (Å²) in [5, 5.41) is 0. The standard InChI is InChI=1S/C17H33IO2/c1-3-4-5-6-7-8-9-10-11-12-13-14-15-16(18)17(19)20-2/h16H,3-15H2,1-2H3. The van der Waals surface area contributed by atoms with Gasteiger partial charge in [0, 0.05) is 0 Å². The average Bonchev–Trinajstić information content (AvgIpc) is 2.47. The molecule has 0 aromatic rings. The van der Waals surface area contributed by atoms with Gasteiger partial charge in [0.15, 0.2) is 0 Å². The zero-order chi connectivity index (χ0) is 15.1. The number of alkyl halides is 1. The zero-order valence-electron chi connectivity index (χ0n) is 13.5. The van der Waals surface area contributed by atoms with Crippen molar-refractivity contribution in [2.24, 2.45) is 0 Å². The minimum absolute atomic E-state index is 0.0423. The van der Waals surface area contributed by atoms with E-state index in [0.29, 0.717) is 0 Å². The lowest BCUT2D eigenvalue weighted by Gasteiger charge is -2.07. The van der Waals surface area contributed by atoms with Crippen LogP contribution in [0.25, 0.3) is 0 Å². The van der Waals surface area contributed by atoms with E-state index in [9.17, 15) is 4.79 Å². The zero-order valence-corrected chi connectivity index (χ0v) is 15.6. The lowest BCUT2D eigenvalue weighted by atomic mass is 10.0. The molecule has 0 aromatic carbocycles. The number of hydrogen-bond acceptors (Lipinski definition) is 2. The summed E-state index contributed by atoms with van der Waals surface area (Å²) in [7, 11) is 1.47. The van der Waals surface area contributed by atoms with E-state index in [1.54, 1.807) is 0 Å². The van der Waals surface area contributed by atoms with Gasteiger partial charge >= 0.3 is 5.97 Å². The summed E-state index contributed by atoms with van der Waals surface area (Å²) < 4.78 is 4.77. The van der Waals surface area contributed by atoms with Crippen LogP contribution in [0.15, 0.2) is 0 Å². The number of ether oxygens (including phenoxy) is 1. The van der Waals surface area contributed by atoms with E-state index in [0.717, 1.165) is 12.8 Å². The van der Waals surface area contributed by atoms with Gasteiger partial charge in [0.1, 0.15) is 3.92 Å². The Bertz CT molecular complexity index is 219. The molecule has 0 aliphatic rings. The van der Waals surface area contributed by atoms with Crippen LogP contribution in [-0.4, -0.2) is 17.0 Å². The lowest BCUT2D eigenvalue weighted by Crippen LogP contribution is -2.14. The molecule has 0 fully saturated rings. The minimum atomic E-state index is -0.0753. The monoisotopic (exact) mass is 396 g/mol. The minimum Gasteiger partial charge on any atom is -0.468 e. The Morgan fingerprint density at radius 1 is 0.850 bits per heavy atom. The Balaban J connectivity index is 3.11. The second kappa shape index (κ2) is 15.6. The van der Waals surface area contributed by atoms with Gasteiger partial charge in [-0.05, 0) is 6.42 Å². The van der Waals surface area contributed by atoms with Crippen LogP contribution < -0.4 is 0 Å². The molecule has 0 radical (unpaired) electrons. The Morgan fingerprint density at radius 3 is 1.65 bits per heavy atom. The number of unbranched alkanes of at least 4 members (excludes halogenated alkanes) is 11. The van der Waals surface area contributed by atoms with Gasteiger partial charge in [0.2, 0.25) is 0 Å². The Labute approximate surface area is 139 Å². The van der Waals surface area contributed by atoms with Crippen LogP contribution in [0.5, 0.6) is 0 Å². The first-order valence-electron chi connectivity index (χ1n) is 8.44. The van der Waals surface area contributed by atoms with E-state index < -0.39 is 0 Å². The maximum absolute atomic E-state index is 11.2. The number of esters is 1. The summed E-state index contributed by atoms with van der Waals surface area (Å²) in [5.41, 5.74) is 0. The fraction of sp³-hybridized carbons (Fsp3) is 0.941. The van der Waals surface area contributed by atoms with Gasteiger partial charge in [-0.3, -0.25) is 4.79 Å². The molecule has 1 atom stereocenters. The van der Waals surface area contributed by atoms with Crippen LogP contribution in [0.2, 0.25) is 0 Å². The number of carbonyl (C=O) groups excluding carboxylic acids is 1. The molecule has 0 aliphatic carbocycles. The maximum atomic E-state index is 11.2. The highest BCUT2D eigenvalue weighted by molar-refractivity contribution is 14.1. The van der Waals surface area contributed by atoms with Gasteiger partial charge in [0.25, 0.3) is 0 Å². The fourth-order valence-electron chi connectivity index (χ4n) is 2.41. The molecule has 3 heteroatoms. The van der Waals surface area contributed by atoms with Crippen LogP contribution in [0.3, 0.4) is 0 Å². The first-order chi connectivity index (χ1) is 9.72.